The lowest BCUT2D eigenvalue weighted by molar-refractivity contribution is -0.193. The quantitative estimate of drug-likeness (QED) is 0.616. The summed E-state index contributed by atoms with van der Waals surface area (Å²) < 4.78 is 5.20. The van der Waals surface area contributed by atoms with Crippen LogP contribution in [0, 0.1) is 11.3 Å². The van der Waals surface area contributed by atoms with Gasteiger partial charge in [0, 0.05) is 11.0 Å². The van der Waals surface area contributed by atoms with E-state index in [2.05, 4.69) is 13.8 Å². The van der Waals surface area contributed by atoms with E-state index in [0.29, 0.717) is 11.3 Å². The molecule has 0 aromatic rings. The fraction of sp³-hybridized carbons (Fsp3) is 1.00. The first-order valence-electron chi connectivity index (χ1n) is 4.43. The van der Waals surface area contributed by atoms with Crippen LogP contribution in [0.4, 0.5) is 0 Å². The Bertz CT molecular complexity index is 164. The van der Waals surface area contributed by atoms with Crippen LogP contribution in [-0.4, -0.2) is 18.8 Å². The van der Waals surface area contributed by atoms with Crippen LogP contribution in [0.2, 0.25) is 0 Å². The fourth-order valence-corrected chi connectivity index (χ4v) is 2.35. The van der Waals surface area contributed by atoms with Crippen molar-refractivity contribution in [3.8, 4) is 0 Å². The highest BCUT2D eigenvalue weighted by atomic mass is 16.5. The maximum Gasteiger partial charge on any atom is 0.0546 e. The average molecular weight is 155 g/mol. The summed E-state index contributed by atoms with van der Waals surface area (Å²) in [4.78, 5) is 0. The predicted molar refractivity (Wildman–Crippen MR) is 44.2 cm³/mol. The molecular formula is C9H17NO. The lowest BCUT2D eigenvalue weighted by Crippen LogP contribution is -2.67. The van der Waals surface area contributed by atoms with Crippen LogP contribution in [0.5, 0.6) is 0 Å². The molecule has 1 saturated carbocycles. The molecule has 11 heavy (non-hydrogen) atoms. The Kier molecular flexibility index (Phi) is 1.37. The first kappa shape index (κ1) is 7.56. The lowest BCUT2D eigenvalue weighted by atomic mass is 9.53. The van der Waals surface area contributed by atoms with Gasteiger partial charge in [-0.2, -0.15) is 0 Å². The zero-order chi connectivity index (χ0) is 8.11. The lowest BCUT2D eigenvalue weighted by Gasteiger charge is -2.60. The van der Waals surface area contributed by atoms with Crippen LogP contribution in [0.1, 0.15) is 26.7 Å². The summed E-state index contributed by atoms with van der Waals surface area (Å²) in [5.41, 5.74) is 6.82. The van der Waals surface area contributed by atoms with Crippen molar-refractivity contribution in [2.24, 2.45) is 17.1 Å². The van der Waals surface area contributed by atoms with Crippen molar-refractivity contribution in [3.63, 3.8) is 0 Å². The van der Waals surface area contributed by atoms with Crippen LogP contribution >= 0.6 is 0 Å². The Hall–Kier alpha value is -0.0800. The van der Waals surface area contributed by atoms with Crippen LogP contribution in [0.15, 0.2) is 0 Å². The minimum atomic E-state index is 0.129. The van der Waals surface area contributed by atoms with Gasteiger partial charge in [0.15, 0.2) is 0 Å². The topological polar surface area (TPSA) is 35.2 Å². The van der Waals surface area contributed by atoms with Gasteiger partial charge >= 0.3 is 0 Å². The summed E-state index contributed by atoms with van der Waals surface area (Å²) >= 11 is 0. The van der Waals surface area contributed by atoms with Crippen LogP contribution < -0.4 is 5.73 Å². The third-order valence-electron chi connectivity index (χ3n) is 3.37. The summed E-state index contributed by atoms with van der Waals surface area (Å²) in [5.74, 6) is 0.619. The normalized spacial score (nSPS) is 31.6. The molecule has 2 N–H and O–H groups in total. The molecule has 1 heterocycles. The number of ether oxygens (including phenoxy) is 1. The summed E-state index contributed by atoms with van der Waals surface area (Å²) in [6.07, 6.45) is 2.36. The monoisotopic (exact) mass is 155 g/mol. The zero-order valence-corrected chi connectivity index (χ0v) is 7.39. The molecule has 0 bridgehead atoms. The third kappa shape index (κ3) is 0.926. The van der Waals surface area contributed by atoms with Crippen molar-refractivity contribution in [2.75, 3.05) is 13.2 Å². The van der Waals surface area contributed by atoms with Gasteiger partial charge in [-0.3, -0.25) is 0 Å². The Morgan fingerprint density at radius 3 is 2.09 bits per heavy atom. The van der Waals surface area contributed by atoms with Gasteiger partial charge in [-0.05, 0) is 18.8 Å². The molecule has 0 aromatic carbocycles. The van der Waals surface area contributed by atoms with Crippen LogP contribution in [-0.2, 0) is 4.74 Å². The van der Waals surface area contributed by atoms with Gasteiger partial charge < -0.3 is 10.5 Å². The van der Waals surface area contributed by atoms with Gasteiger partial charge in [0.05, 0.1) is 13.2 Å². The largest absolute Gasteiger partial charge is 0.380 e. The van der Waals surface area contributed by atoms with Crippen LogP contribution in [0.25, 0.3) is 0 Å². The van der Waals surface area contributed by atoms with E-state index in [1.165, 1.54) is 12.8 Å². The first-order chi connectivity index (χ1) is 5.06. The second-order valence-electron chi connectivity index (χ2n) is 4.73. The van der Waals surface area contributed by atoms with Gasteiger partial charge in [0.25, 0.3) is 0 Å². The van der Waals surface area contributed by atoms with Crippen molar-refractivity contribution in [2.45, 2.75) is 32.2 Å². The summed E-state index contributed by atoms with van der Waals surface area (Å²) in [6.45, 7) is 6.34. The highest BCUT2D eigenvalue weighted by Crippen LogP contribution is 2.54. The number of nitrogens with two attached hydrogens (primary N) is 1. The van der Waals surface area contributed by atoms with Gasteiger partial charge in [0.2, 0.25) is 0 Å². The highest BCUT2D eigenvalue weighted by Gasteiger charge is 2.57. The van der Waals surface area contributed by atoms with Crippen molar-refractivity contribution >= 4 is 0 Å². The van der Waals surface area contributed by atoms with Gasteiger partial charge in [-0.1, -0.05) is 13.8 Å². The molecule has 1 aliphatic carbocycles. The van der Waals surface area contributed by atoms with E-state index in [1.54, 1.807) is 0 Å². The molecule has 0 amide bonds. The molecule has 2 aliphatic rings. The predicted octanol–water partition coefficient (Wildman–Crippen LogP) is 1.15. The molecule has 1 spiro atoms. The number of rotatable bonds is 1. The van der Waals surface area contributed by atoms with Crippen LogP contribution in [0.3, 0.4) is 0 Å². The second kappa shape index (κ2) is 1.99. The SMILES string of the molecule is CC(C)C1(N)CC2(COC2)C1. The minimum absolute atomic E-state index is 0.129. The molecule has 0 unspecified atom stereocenters. The molecule has 2 heteroatoms. The van der Waals surface area contributed by atoms with E-state index in [-0.39, 0.29) is 5.54 Å². The maximum atomic E-state index is 6.18. The summed E-state index contributed by atoms with van der Waals surface area (Å²) in [6, 6.07) is 0. The van der Waals surface area contributed by atoms with E-state index < -0.39 is 0 Å². The minimum Gasteiger partial charge on any atom is -0.380 e. The maximum absolute atomic E-state index is 6.18. The molecule has 1 aliphatic heterocycles. The molecule has 0 radical (unpaired) electrons. The Labute approximate surface area is 68.1 Å². The average Bonchev–Trinajstić information content (AvgIpc) is 1.75. The molecule has 0 atom stereocenters. The number of hydrogen-bond donors (Lipinski definition) is 1. The number of hydrogen-bond acceptors (Lipinski definition) is 2. The Morgan fingerprint density at radius 2 is 1.82 bits per heavy atom. The molecule has 0 aromatic heterocycles. The Balaban J connectivity index is 1.95. The standard InChI is InChI=1S/C9H17NO/c1-7(2)9(10)3-8(4-9)5-11-6-8/h7H,3-6,10H2,1-2H3. The fourth-order valence-electron chi connectivity index (χ4n) is 2.35. The third-order valence-corrected chi connectivity index (χ3v) is 3.37. The van der Waals surface area contributed by atoms with Gasteiger partial charge in [-0.25, -0.2) is 0 Å². The summed E-state index contributed by atoms with van der Waals surface area (Å²) in [7, 11) is 0. The first-order valence-corrected chi connectivity index (χ1v) is 4.43. The van der Waals surface area contributed by atoms with E-state index in [4.69, 9.17) is 10.5 Å². The molecule has 1 saturated heterocycles. The highest BCUT2D eigenvalue weighted by molar-refractivity contribution is 5.11. The molecule has 2 nitrogen and oxygen atoms in total. The van der Waals surface area contributed by atoms with Crippen molar-refractivity contribution < 1.29 is 4.74 Å². The zero-order valence-electron chi connectivity index (χ0n) is 7.39. The smallest absolute Gasteiger partial charge is 0.0546 e. The molecule has 64 valence electrons. The van der Waals surface area contributed by atoms with Crippen molar-refractivity contribution in [3.05, 3.63) is 0 Å². The second-order valence-corrected chi connectivity index (χ2v) is 4.73. The van der Waals surface area contributed by atoms with E-state index in [9.17, 15) is 0 Å². The van der Waals surface area contributed by atoms with E-state index in [0.717, 1.165) is 13.2 Å². The van der Waals surface area contributed by atoms with Gasteiger partial charge in [-0.15, -0.1) is 0 Å². The molecular weight excluding hydrogens is 138 g/mol. The molecule has 2 rings (SSSR count). The Morgan fingerprint density at radius 1 is 1.27 bits per heavy atom. The van der Waals surface area contributed by atoms with Crippen molar-refractivity contribution in [1.29, 1.82) is 0 Å². The summed E-state index contributed by atoms with van der Waals surface area (Å²) in [5, 5.41) is 0. The van der Waals surface area contributed by atoms with Gasteiger partial charge in [0.1, 0.15) is 0 Å². The van der Waals surface area contributed by atoms with Crippen molar-refractivity contribution in [1.82, 2.24) is 0 Å². The van der Waals surface area contributed by atoms with E-state index in [1.807, 2.05) is 0 Å². The van der Waals surface area contributed by atoms with E-state index >= 15 is 0 Å². The molecule has 2 fully saturated rings.